The second kappa shape index (κ2) is 2.68. The summed E-state index contributed by atoms with van der Waals surface area (Å²) in [5, 5.41) is 2.83. The Labute approximate surface area is 71.6 Å². The van der Waals surface area contributed by atoms with Crippen LogP contribution in [-0.4, -0.2) is 5.94 Å². The zero-order valence-corrected chi connectivity index (χ0v) is 6.29. The maximum atomic E-state index is 10.4. The van der Waals surface area contributed by atoms with Crippen molar-refractivity contribution in [3.05, 3.63) is 41.6 Å². The highest BCUT2D eigenvalue weighted by Gasteiger charge is 2.04. The number of hydrogen-bond acceptors (Lipinski definition) is 2. The molecule has 0 fully saturated rings. The quantitative estimate of drug-likeness (QED) is 0.584. The standard InChI is InChI=1S/C10H7NO/c12-7-9-6-5-8-3-1-2-4-10(8)11-9/h1-6,11H/i6D. The summed E-state index contributed by atoms with van der Waals surface area (Å²) >= 11 is 0. The predicted molar refractivity (Wildman–Crippen MR) is 48.3 cm³/mol. The van der Waals surface area contributed by atoms with Crippen LogP contribution in [0.5, 0.6) is 0 Å². The summed E-state index contributed by atoms with van der Waals surface area (Å²) < 4.78 is 7.46. The van der Waals surface area contributed by atoms with Crippen LogP contribution in [0.15, 0.2) is 36.0 Å². The van der Waals surface area contributed by atoms with Crippen LogP contribution in [-0.2, 0) is 4.79 Å². The molecule has 1 N–H and O–H groups in total. The fourth-order valence-electron chi connectivity index (χ4n) is 1.11. The summed E-state index contributed by atoms with van der Waals surface area (Å²) in [7, 11) is 0. The molecule has 1 aromatic carbocycles. The smallest absolute Gasteiger partial charge is 0.150 e. The molecular weight excluding hydrogens is 150 g/mol. The molecule has 0 saturated carbocycles. The minimum atomic E-state index is 0.175. The Hall–Kier alpha value is -1.79. The van der Waals surface area contributed by atoms with Gasteiger partial charge in [0, 0.05) is 5.69 Å². The number of para-hydroxylation sites is 1. The van der Waals surface area contributed by atoms with Gasteiger partial charge in [-0.1, -0.05) is 24.3 Å². The number of carbonyl (C=O) groups excluding carboxylic acids is 1. The lowest BCUT2D eigenvalue weighted by Gasteiger charge is -2.11. The molecule has 0 bridgehead atoms. The van der Waals surface area contributed by atoms with Gasteiger partial charge >= 0.3 is 0 Å². The zero-order chi connectivity index (χ0) is 9.26. The Morgan fingerprint density at radius 3 is 3.08 bits per heavy atom. The second-order valence-electron chi connectivity index (χ2n) is 2.48. The van der Waals surface area contributed by atoms with Gasteiger partial charge < -0.3 is 5.32 Å². The van der Waals surface area contributed by atoms with Crippen LogP contribution in [0, 0.1) is 0 Å². The first-order chi connectivity index (χ1) is 6.31. The number of anilines is 1. The first kappa shape index (κ1) is 5.81. The van der Waals surface area contributed by atoms with E-state index in [1.165, 1.54) is 0 Å². The van der Waals surface area contributed by atoms with E-state index in [2.05, 4.69) is 5.32 Å². The number of benzene rings is 1. The summed E-state index contributed by atoms with van der Waals surface area (Å²) in [4.78, 5) is 10.4. The monoisotopic (exact) mass is 158 g/mol. The molecule has 1 heterocycles. The van der Waals surface area contributed by atoms with Crippen molar-refractivity contribution >= 4 is 17.7 Å². The van der Waals surface area contributed by atoms with E-state index in [4.69, 9.17) is 1.37 Å². The third-order valence-corrected chi connectivity index (χ3v) is 1.69. The van der Waals surface area contributed by atoms with Gasteiger partial charge in [-0.05, 0) is 17.7 Å². The van der Waals surface area contributed by atoms with Crippen LogP contribution in [0.4, 0.5) is 5.69 Å². The Kier molecular flexibility index (Phi) is 1.30. The summed E-state index contributed by atoms with van der Waals surface area (Å²) in [5.74, 6) is 1.69. The summed E-state index contributed by atoms with van der Waals surface area (Å²) in [6.45, 7) is 0. The highest BCUT2D eigenvalue weighted by atomic mass is 16.1. The van der Waals surface area contributed by atoms with E-state index in [0.717, 1.165) is 11.3 Å². The van der Waals surface area contributed by atoms with Gasteiger partial charge in [0.25, 0.3) is 0 Å². The summed E-state index contributed by atoms with van der Waals surface area (Å²) in [6.07, 6.45) is 1.64. The number of hydrogen-bond donors (Lipinski definition) is 1. The molecule has 0 aliphatic carbocycles. The van der Waals surface area contributed by atoms with E-state index in [1.807, 2.05) is 24.3 Å². The maximum Gasteiger partial charge on any atom is 0.150 e. The zero-order valence-electron chi connectivity index (χ0n) is 7.29. The van der Waals surface area contributed by atoms with Gasteiger partial charge in [0.2, 0.25) is 0 Å². The lowest BCUT2D eigenvalue weighted by Crippen LogP contribution is -2.02. The van der Waals surface area contributed by atoms with Crippen LogP contribution in [0.3, 0.4) is 0 Å². The van der Waals surface area contributed by atoms with Gasteiger partial charge in [-0.3, -0.25) is 0 Å². The van der Waals surface area contributed by atoms with E-state index in [9.17, 15) is 4.79 Å². The third kappa shape index (κ3) is 1.04. The third-order valence-electron chi connectivity index (χ3n) is 1.69. The van der Waals surface area contributed by atoms with E-state index < -0.39 is 0 Å². The van der Waals surface area contributed by atoms with Crippen LogP contribution >= 0.6 is 0 Å². The minimum Gasteiger partial charge on any atom is -0.346 e. The second-order valence-corrected chi connectivity index (χ2v) is 2.48. The fraction of sp³-hybridized carbons (Fsp3) is 0. The normalized spacial score (nSPS) is 15.2. The van der Waals surface area contributed by atoms with Gasteiger partial charge in [0.1, 0.15) is 5.70 Å². The molecule has 12 heavy (non-hydrogen) atoms. The predicted octanol–water partition coefficient (Wildman–Crippen LogP) is 1.84. The molecule has 0 atom stereocenters. The fourth-order valence-corrected chi connectivity index (χ4v) is 1.11. The molecule has 2 heteroatoms. The average molecular weight is 158 g/mol. The molecule has 2 nitrogen and oxygen atoms in total. The number of allylic oxidation sites excluding steroid dienone is 1. The van der Waals surface area contributed by atoms with Gasteiger partial charge in [0.15, 0.2) is 5.94 Å². The average Bonchev–Trinajstić information content (AvgIpc) is 2.17. The van der Waals surface area contributed by atoms with Crippen molar-refractivity contribution in [3.63, 3.8) is 0 Å². The topological polar surface area (TPSA) is 29.1 Å². The van der Waals surface area contributed by atoms with Crippen molar-refractivity contribution in [1.82, 2.24) is 0 Å². The molecule has 0 spiro atoms. The summed E-state index contributed by atoms with van der Waals surface area (Å²) in [6, 6.07) is 7.68. The van der Waals surface area contributed by atoms with Gasteiger partial charge in [0.05, 0.1) is 1.37 Å². The molecular formula is C10H7NO. The molecule has 1 aromatic rings. The summed E-state index contributed by atoms with van der Waals surface area (Å²) in [5.41, 5.74) is 1.96. The van der Waals surface area contributed by atoms with E-state index in [0.29, 0.717) is 0 Å². The molecule has 0 saturated heterocycles. The molecule has 58 valence electrons. The molecule has 0 aromatic heterocycles. The van der Waals surface area contributed by atoms with E-state index in [-0.39, 0.29) is 11.7 Å². The van der Waals surface area contributed by atoms with Crippen molar-refractivity contribution in [1.29, 1.82) is 0 Å². The van der Waals surface area contributed by atoms with Crippen LogP contribution in [0.25, 0.3) is 6.08 Å². The highest BCUT2D eigenvalue weighted by molar-refractivity contribution is 5.79. The SMILES string of the molecule is [2H]C1=Cc2ccccc2NC1=C=O. The number of nitrogens with one attached hydrogen (secondary N) is 1. The Morgan fingerprint density at radius 1 is 1.42 bits per heavy atom. The minimum absolute atomic E-state index is 0.175. The molecule has 0 unspecified atom stereocenters. The molecule has 1 aliphatic heterocycles. The largest absolute Gasteiger partial charge is 0.346 e. The van der Waals surface area contributed by atoms with Crippen molar-refractivity contribution in [2.75, 3.05) is 5.32 Å². The lowest BCUT2D eigenvalue weighted by molar-refractivity contribution is 0.568. The number of fused-ring (bicyclic) bond motifs is 1. The van der Waals surface area contributed by atoms with Crippen LogP contribution < -0.4 is 5.32 Å². The van der Waals surface area contributed by atoms with E-state index >= 15 is 0 Å². The van der Waals surface area contributed by atoms with Gasteiger partial charge in [-0.25, -0.2) is 4.79 Å². The van der Waals surface area contributed by atoms with Crippen molar-refractivity contribution in [2.24, 2.45) is 0 Å². The maximum absolute atomic E-state index is 10.4. The molecule has 2 rings (SSSR count). The Morgan fingerprint density at radius 2 is 2.25 bits per heavy atom. The Bertz CT molecular complexity index is 430. The van der Waals surface area contributed by atoms with Crippen molar-refractivity contribution < 1.29 is 6.17 Å². The van der Waals surface area contributed by atoms with Gasteiger partial charge in [-0.2, -0.15) is 0 Å². The first-order valence-corrected chi connectivity index (χ1v) is 3.61. The number of rotatable bonds is 0. The Balaban J connectivity index is 2.59. The molecule has 1 aliphatic rings. The molecule has 0 radical (unpaired) electrons. The van der Waals surface area contributed by atoms with Gasteiger partial charge in [-0.15, -0.1) is 0 Å². The molecule has 0 amide bonds. The van der Waals surface area contributed by atoms with E-state index in [1.54, 1.807) is 12.0 Å². The van der Waals surface area contributed by atoms with Crippen molar-refractivity contribution in [3.8, 4) is 0 Å². The first-order valence-electron chi connectivity index (χ1n) is 4.11. The van der Waals surface area contributed by atoms with Crippen LogP contribution in [0.1, 0.15) is 6.93 Å². The lowest BCUT2D eigenvalue weighted by atomic mass is 10.1. The van der Waals surface area contributed by atoms with Crippen molar-refractivity contribution in [2.45, 2.75) is 0 Å². The van der Waals surface area contributed by atoms with Crippen LogP contribution in [0.2, 0.25) is 0 Å². The highest BCUT2D eigenvalue weighted by Crippen LogP contribution is 2.22.